The first-order valence-electron chi connectivity index (χ1n) is 10.6. The third-order valence-corrected chi connectivity index (χ3v) is 5.60. The van der Waals surface area contributed by atoms with Crippen LogP contribution in [-0.2, 0) is 14.3 Å². The van der Waals surface area contributed by atoms with Crippen LogP contribution in [0.1, 0.15) is 49.2 Å². The number of hydrogen-bond donors (Lipinski definition) is 0. The van der Waals surface area contributed by atoms with E-state index in [1.54, 1.807) is 16.5 Å². The highest BCUT2D eigenvalue weighted by Gasteiger charge is 2.34. The van der Waals surface area contributed by atoms with Gasteiger partial charge in [-0.2, -0.15) is 0 Å². The van der Waals surface area contributed by atoms with Crippen molar-refractivity contribution < 1.29 is 19.0 Å². The first-order chi connectivity index (χ1) is 15.6. The average Bonchev–Trinajstić information content (AvgIpc) is 3.34. The number of esters is 1. The molecular formula is C22H24N6O4. The zero-order valence-corrected chi connectivity index (χ0v) is 17.9. The molecule has 2 aliphatic rings. The summed E-state index contributed by atoms with van der Waals surface area (Å²) in [6, 6.07) is 7.29. The van der Waals surface area contributed by atoms with Gasteiger partial charge in [-0.1, -0.05) is 22.6 Å². The highest BCUT2D eigenvalue weighted by Crippen LogP contribution is 2.39. The van der Waals surface area contributed by atoms with Gasteiger partial charge < -0.3 is 14.2 Å². The summed E-state index contributed by atoms with van der Waals surface area (Å²) in [5, 5.41) is 17.1. The molecule has 5 rings (SSSR count). The quantitative estimate of drug-likeness (QED) is 0.411. The van der Waals surface area contributed by atoms with Crippen LogP contribution in [0.3, 0.4) is 0 Å². The van der Waals surface area contributed by atoms with E-state index in [2.05, 4.69) is 20.6 Å². The van der Waals surface area contributed by atoms with E-state index in [-0.39, 0.29) is 18.6 Å². The number of nitrogens with zero attached hydrogens (tertiary/aromatic N) is 6. The summed E-state index contributed by atoms with van der Waals surface area (Å²) in [6.45, 7) is 1.48. The molecular weight excluding hydrogens is 412 g/mol. The normalized spacial score (nSPS) is 22.6. The molecule has 0 bridgehead atoms. The topological polar surface area (TPSA) is 106 Å². The molecule has 0 spiro atoms. The number of carbonyl (C=O) groups is 1. The van der Waals surface area contributed by atoms with Crippen molar-refractivity contribution in [2.24, 2.45) is 0 Å². The van der Waals surface area contributed by atoms with Gasteiger partial charge in [-0.15, -0.1) is 10.2 Å². The molecule has 10 heteroatoms. The predicted molar refractivity (Wildman–Crippen MR) is 112 cm³/mol. The second kappa shape index (κ2) is 8.54. The molecule has 3 heterocycles. The Hall–Kier alpha value is -3.53. The Morgan fingerprint density at radius 3 is 2.59 bits per heavy atom. The Balaban J connectivity index is 1.36. The first kappa shape index (κ1) is 20.4. The number of carbonyl (C=O) groups excluding carboxylic acids is 1. The van der Waals surface area contributed by atoms with E-state index in [4.69, 9.17) is 14.2 Å². The molecule has 1 saturated carbocycles. The second-order valence-corrected chi connectivity index (χ2v) is 7.96. The van der Waals surface area contributed by atoms with E-state index >= 15 is 0 Å². The molecule has 166 valence electrons. The Morgan fingerprint density at radius 1 is 1.09 bits per heavy atom. The van der Waals surface area contributed by atoms with Gasteiger partial charge in [0.1, 0.15) is 36.3 Å². The lowest BCUT2D eigenvalue weighted by Crippen LogP contribution is -2.35. The van der Waals surface area contributed by atoms with Crippen molar-refractivity contribution in [3.8, 4) is 11.4 Å². The molecule has 0 N–H and O–H groups in total. The molecule has 2 aromatic heterocycles. The Bertz CT molecular complexity index is 1120. The monoisotopic (exact) mass is 436 g/mol. The minimum Gasteiger partial charge on any atom is -0.497 e. The smallest absolute Gasteiger partial charge is 0.302 e. The zero-order chi connectivity index (χ0) is 22.1. The van der Waals surface area contributed by atoms with Gasteiger partial charge in [0.2, 0.25) is 0 Å². The number of aromatic nitrogens is 6. The molecule has 1 aromatic carbocycles. The van der Waals surface area contributed by atoms with Gasteiger partial charge in [-0.05, 0) is 37.1 Å². The fourth-order valence-corrected chi connectivity index (χ4v) is 3.69. The minimum atomic E-state index is -0.436. The van der Waals surface area contributed by atoms with Crippen LogP contribution in [0.2, 0.25) is 0 Å². The summed E-state index contributed by atoms with van der Waals surface area (Å²) < 4.78 is 20.2. The van der Waals surface area contributed by atoms with Crippen molar-refractivity contribution in [3.05, 3.63) is 60.2 Å². The van der Waals surface area contributed by atoms with Crippen LogP contribution in [0, 0.1) is 0 Å². The summed E-state index contributed by atoms with van der Waals surface area (Å²) in [6.07, 6.45) is 9.14. The lowest BCUT2D eigenvalue weighted by molar-refractivity contribution is -0.148. The van der Waals surface area contributed by atoms with E-state index < -0.39 is 12.2 Å². The van der Waals surface area contributed by atoms with Crippen LogP contribution >= 0.6 is 0 Å². The van der Waals surface area contributed by atoms with Crippen LogP contribution < -0.4 is 4.74 Å². The van der Waals surface area contributed by atoms with Crippen LogP contribution in [0.25, 0.3) is 5.69 Å². The fraction of sp³-hybridized carbons (Fsp3) is 0.409. The standard InChI is InChI=1S/C22H24N6O4/c1-14(29)31-13-22-20(28-11-18(23-26-28)15-3-4-15)9-10-21(32-22)19-12-27(25-24-19)16-5-7-17(30-2)8-6-16/h5-12,15,20-22H,3-4,13H2,1-2H3/t20-,21-,22+/m0/s1. The number of methoxy groups -OCH3 is 1. The molecule has 3 aromatic rings. The van der Waals surface area contributed by atoms with Crippen molar-refractivity contribution in [2.75, 3.05) is 13.7 Å². The van der Waals surface area contributed by atoms with E-state index in [9.17, 15) is 4.79 Å². The van der Waals surface area contributed by atoms with Crippen LogP contribution in [0.5, 0.6) is 5.75 Å². The number of hydrogen-bond acceptors (Lipinski definition) is 8. The van der Waals surface area contributed by atoms with Crippen LogP contribution in [0.15, 0.2) is 48.8 Å². The van der Waals surface area contributed by atoms with Crippen molar-refractivity contribution in [1.82, 2.24) is 30.0 Å². The van der Waals surface area contributed by atoms with Gasteiger partial charge in [0.25, 0.3) is 0 Å². The van der Waals surface area contributed by atoms with Crippen molar-refractivity contribution in [2.45, 2.75) is 43.9 Å². The van der Waals surface area contributed by atoms with E-state index in [1.807, 2.05) is 48.8 Å². The van der Waals surface area contributed by atoms with Crippen LogP contribution in [-0.4, -0.2) is 55.8 Å². The van der Waals surface area contributed by atoms with Crippen molar-refractivity contribution in [3.63, 3.8) is 0 Å². The summed E-state index contributed by atoms with van der Waals surface area (Å²) in [7, 11) is 1.63. The van der Waals surface area contributed by atoms with Gasteiger partial charge in [0, 0.05) is 19.0 Å². The third-order valence-electron chi connectivity index (χ3n) is 5.60. The molecule has 0 amide bonds. The largest absolute Gasteiger partial charge is 0.497 e. The van der Waals surface area contributed by atoms with E-state index in [1.165, 1.54) is 6.92 Å². The summed E-state index contributed by atoms with van der Waals surface area (Å²) in [4.78, 5) is 11.4. The molecule has 1 aliphatic carbocycles. The van der Waals surface area contributed by atoms with E-state index in [0.717, 1.165) is 30.0 Å². The van der Waals surface area contributed by atoms with Gasteiger partial charge >= 0.3 is 5.97 Å². The Labute approximate surface area is 184 Å². The molecule has 10 nitrogen and oxygen atoms in total. The molecule has 1 fully saturated rings. The average molecular weight is 436 g/mol. The van der Waals surface area contributed by atoms with Gasteiger partial charge in [0.05, 0.1) is 24.7 Å². The highest BCUT2D eigenvalue weighted by atomic mass is 16.6. The summed E-state index contributed by atoms with van der Waals surface area (Å²) in [5.74, 6) is 0.913. The van der Waals surface area contributed by atoms with Gasteiger partial charge in [-0.25, -0.2) is 9.36 Å². The number of rotatable bonds is 7. The summed E-state index contributed by atoms with van der Waals surface area (Å²) in [5.41, 5.74) is 2.50. The zero-order valence-electron chi connectivity index (χ0n) is 17.9. The Morgan fingerprint density at radius 2 is 1.88 bits per heavy atom. The lowest BCUT2D eigenvalue weighted by Gasteiger charge is -2.31. The van der Waals surface area contributed by atoms with Gasteiger partial charge in [0.15, 0.2) is 0 Å². The first-order valence-corrected chi connectivity index (χ1v) is 10.6. The number of ether oxygens (including phenoxy) is 3. The molecule has 0 radical (unpaired) electrons. The molecule has 0 unspecified atom stereocenters. The SMILES string of the molecule is COc1ccc(-n2cc([C@@H]3C=C[C@H](n4cc(C5CC5)nn4)[C@@H](COC(C)=O)O3)nn2)cc1. The molecule has 32 heavy (non-hydrogen) atoms. The summed E-state index contributed by atoms with van der Waals surface area (Å²) >= 11 is 0. The van der Waals surface area contributed by atoms with Crippen molar-refractivity contribution in [1.29, 1.82) is 0 Å². The highest BCUT2D eigenvalue weighted by molar-refractivity contribution is 5.65. The predicted octanol–water partition coefficient (Wildman–Crippen LogP) is 2.55. The van der Waals surface area contributed by atoms with Gasteiger partial charge in [-0.3, -0.25) is 4.79 Å². The van der Waals surface area contributed by atoms with E-state index in [0.29, 0.717) is 11.6 Å². The maximum Gasteiger partial charge on any atom is 0.302 e. The number of benzene rings is 1. The van der Waals surface area contributed by atoms with Crippen LogP contribution in [0.4, 0.5) is 0 Å². The third kappa shape index (κ3) is 4.26. The maximum atomic E-state index is 11.4. The Kier molecular flexibility index (Phi) is 5.44. The second-order valence-electron chi connectivity index (χ2n) is 7.96. The molecule has 1 aliphatic heterocycles. The fourth-order valence-electron chi connectivity index (χ4n) is 3.69. The van der Waals surface area contributed by atoms with Crippen molar-refractivity contribution >= 4 is 5.97 Å². The molecule has 0 saturated heterocycles. The minimum absolute atomic E-state index is 0.103. The molecule has 3 atom stereocenters. The maximum absolute atomic E-state index is 11.4. The lowest BCUT2D eigenvalue weighted by atomic mass is 10.1.